The molecule has 0 aromatic rings. The van der Waals surface area contributed by atoms with E-state index in [1.54, 1.807) is 0 Å². The standard InChI is InChI=1S/C12H24N2O2/c1-4-6-11(15)10(5-2)8-14-7-9(3)13-12(14)16/h9-11,15H,4-8H2,1-3H3,(H,13,16). The molecule has 94 valence electrons. The van der Waals surface area contributed by atoms with Crippen molar-refractivity contribution in [3.63, 3.8) is 0 Å². The van der Waals surface area contributed by atoms with Gasteiger partial charge < -0.3 is 15.3 Å². The molecular formula is C12H24N2O2. The Labute approximate surface area is 98.0 Å². The van der Waals surface area contributed by atoms with Crippen molar-refractivity contribution in [3.8, 4) is 0 Å². The molecule has 4 heteroatoms. The normalized spacial score (nSPS) is 24.4. The van der Waals surface area contributed by atoms with E-state index in [4.69, 9.17) is 0 Å². The quantitative estimate of drug-likeness (QED) is 0.725. The highest BCUT2D eigenvalue weighted by Crippen LogP contribution is 2.17. The van der Waals surface area contributed by atoms with Crippen molar-refractivity contribution in [3.05, 3.63) is 0 Å². The summed E-state index contributed by atoms with van der Waals surface area (Å²) < 4.78 is 0. The Balaban J connectivity index is 2.46. The zero-order valence-electron chi connectivity index (χ0n) is 10.6. The van der Waals surface area contributed by atoms with Gasteiger partial charge in [0.1, 0.15) is 0 Å². The Morgan fingerprint density at radius 3 is 2.69 bits per heavy atom. The average molecular weight is 228 g/mol. The van der Waals surface area contributed by atoms with E-state index in [9.17, 15) is 9.90 Å². The fourth-order valence-corrected chi connectivity index (χ4v) is 2.26. The molecule has 1 aliphatic heterocycles. The number of nitrogens with one attached hydrogen (secondary N) is 1. The third kappa shape index (κ3) is 3.37. The Bertz CT molecular complexity index is 233. The molecule has 4 nitrogen and oxygen atoms in total. The van der Waals surface area contributed by atoms with Crippen LogP contribution in [0.1, 0.15) is 40.0 Å². The summed E-state index contributed by atoms with van der Waals surface area (Å²) in [6.07, 6.45) is 2.45. The van der Waals surface area contributed by atoms with Crippen LogP contribution < -0.4 is 5.32 Å². The van der Waals surface area contributed by atoms with Crippen molar-refractivity contribution in [2.24, 2.45) is 5.92 Å². The van der Waals surface area contributed by atoms with Gasteiger partial charge in [0.15, 0.2) is 0 Å². The highest BCUT2D eigenvalue weighted by atomic mass is 16.3. The number of carbonyl (C=O) groups excluding carboxylic acids is 1. The molecule has 16 heavy (non-hydrogen) atoms. The largest absolute Gasteiger partial charge is 0.393 e. The maximum atomic E-state index is 11.5. The van der Waals surface area contributed by atoms with Crippen LogP contribution in [0.4, 0.5) is 4.79 Å². The number of urea groups is 1. The van der Waals surface area contributed by atoms with Crippen molar-refractivity contribution in [1.82, 2.24) is 10.2 Å². The molecule has 0 aliphatic carbocycles. The van der Waals surface area contributed by atoms with E-state index in [0.29, 0.717) is 6.54 Å². The molecule has 1 saturated heterocycles. The van der Waals surface area contributed by atoms with Gasteiger partial charge in [-0.15, -0.1) is 0 Å². The number of aliphatic hydroxyl groups excluding tert-OH is 1. The number of amides is 2. The predicted octanol–water partition coefficient (Wildman–Crippen LogP) is 1.59. The van der Waals surface area contributed by atoms with E-state index in [1.165, 1.54) is 0 Å². The molecule has 3 unspecified atom stereocenters. The van der Waals surface area contributed by atoms with Crippen molar-refractivity contribution in [1.29, 1.82) is 0 Å². The summed E-state index contributed by atoms with van der Waals surface area (Å²) in [6, 6.07) is 0.239. The zero-order chi connectivity index (χ0) is 12.1. The number of hydrogen-bond acceptors (Lipinski definition) is 2. The SMILES string of the molecule is CCCC(O)C(CC)CN1CC(C)NC1=O. The number of nitrogens with zero attached hydrogens (tertiary/aromatic N) is 1. The lowest BCUT2D eigenvalue weighted by atomic mass is 9.95. The van der Waals surface area contributed by atoms with E-state index < -0.39 is 0 Å². The molecule has 2 amide bonds. The van der Waals surface area contributed by atoms with E-state index in [2.05, 4.69) is 19.2 Å². The number of carbonyl (C=O) groups is 1. The molecule has 1 rings (SSSR count). The van der Waals surface area contributed by atoms with Crippen LogP contribution in [0.15, 0.2) is 0 Å². The molecule has 1 heterocycles. The summed E-state index contributed by atoms with van der Waals surface area (Å²) in [4.78, 5) is 13.4. The number of hydrogen-bond donors (Lipinski definition) is 2. The van der Waals surface area contributed by atoms with Gasteiger partial charge >= 0.3 is 6.03 Å². The van der Waals surface area contributed by atoms with Crippen LogP contribution in [-0.4, -0.2) is 41.3 Å². The van der Waals surface area contributed by atoms with Crippen molar-refractivity contribution < 1.29 is 9.90 Å². The minimum absolute atomic E-state index is 0.00893. The zero-order valence-corrected chi connectivity index (χ0v) is 10.6. The van der Waals surface area contributed by atoms with Crippen molar-refractivity contribution in [2.45, 2.75) is 52.2 Å². The lowest BCUT2D eigenvalue weighted by Crippen LogP contribution is -2.37. The predicted molar refractivity (Wildman–Crippen MR) is 64.3 cm³/mol. The Hall–Kier alpha value is -0.770. The molecule has 0 bridgehead atoms. The van der Waals surface area contributed by atoms with Crippen LogP contribution in [0.25, 0.3) is 0 Å². The summed E-state index contributed by atoms with van der Waals surface area (Å²) in [5.41, 5.74) is 0. The first-order chi connectivity index (χ1) is 7.58. The maximum absolute atomic E-state index is 11.5. The van der Waals surface area contributed by atoms with Crippen LogP contribution in [0.5, 0.6) is 0 Å². The van der Waals surface area contributed by atoms with E-state index in [0.717, 1.165) is 25.8 Å². The lowest BCUT2D eigenvalue weighted by molar-refractivity contribution is 0.0794. The molecule has 0 saturated carbocycles. The van der Waals surface area contributed by atoms with E-state index in [1.807, 2.05) is 11.8 Å². The van der Waals surface area contributed by atoms with Gasteiger partial charge in [-0.2, -0.15) is 0 Å². The molecule has 1 fully saturated rings. The van der Waals surface area contributed by atoms with Crippen molar-refractivity contribution in [2.75, 3.05) is 13.1 Å². The van der Waals surface area contributed by atoms with Gasteiger partial charge in [0.05, 0.1) is 6.10 Å². The minimum Gasteiger partial charge on any atom is -0.393 e. The molecule has 0 spiro atoms. The second kappa shape index (κ2) is 6.09. The average Bonchev–Trinajstić information content (AvgIpc) is 2.54. The van der Waals surface area contributed by atoms with E-state index in [-0.39, 0.29) is 24.1 Å². The number of rotatable bonds is 6. The highest BCUT2D eigenvalue weighted by molar-refractivity contribution is 5.76. The van der Waals surface area contributed by atoms with Crippen LogP contribution in [0.3, 0.4) is 0 Å². The Morgan fingerprint density at radius 1 is 1.56 bits per heavy atom. The van der Waals surface area contributed by atoms with Crippen LogP contribution in [0, 0.1) is 5.92 Å². The lowest BCUT2D eigenvalue weighted by Gasteiger charge is -2.26. The molecule has 3 atom stereocenters. The topological polar surface area (TPSA) is 52.6 Å². The van der Waals surface area contributed by atoms with Gasteiger partial charge in [0, 0.05) is 25.0 Å². The Kier molecular flexibility index (Phi) is 5.06. The second-order valence-corrected chi connectivity index (χ2v) is 4.78. The first-order valence-electron chi connectivity index (χ1n) is 6.31. The van der Waals surface area contributed by atoms with E-state index >= 15 is 0 Å². The first-order valence-corrected chi connectivity index (χ1v) is 6.31. The fourth-order valence-electron chi connectivity index (χ4n) is 2.26. The van der Waals surface area contributed by atoms with Crippen LogP contribution >= 0.6 is 0 Å². The molecule has 0 aromatic carbocycles. The molecule has 1 aliphatic rings. The monoisotopic (exact) mass is 228 g/mol. The van der Waals surface area contributed by atoms with Gasteiger partial charge in [0.2, 0.25) is 0 Å². The maximum Gasteiger partial charge on any atom is 0.317 e. The summed E-state index contributed by atoms with van der Waals surface area (Å²) in [5.74, 6) is 0.205. The highest BCUT2D eigenvalue weighted by Gasteiger charge is 2.29. The number of aliphatic hydroxyl groups is 1. The fraction of sp³-hybridized carbons (Fsp3) is 0.917. The third-order valence-corrected chi connectivity index (χ3v) is 3.26. The van der Waals surface area contributed by atoms with Gasteiger partial charge in [-0.3, -0.25) is 0 Å². The second-order valence-electron chi connectivity index (χ2n) is 4.78. The molecule has 0 radical (unpaired) electrons. The Morgan fingerprint density at radius 2 is 2.25 bits per heavy atom. The summed E-state index contributed by atoms with van der Waals surface area (Å²) in [6.45, 7) is 7.57. The molecular weight excluding hydrogens is 204 g/mol. The smallest absolute Gasteiger partial charge is 0.317 e. The van der Waals surface area contributed by atoms with Crippen LogP contribution in [-0.2, 0) is 0 Å². The molecule has 2 N–H and O–H groups in total. The molecule has 0 aromatic heterocycles. The van der Waals surface area contributed by atoms with Gasteiger partial charge in [0.25, 0.3) is 0 Å². The summed E-state index contributed by atoms with van der Waals surface area (Å²) >= 11 is 0. The van der Waals surface area contributed by atoms with Gasteiger partial charge in [-0.1, -0.05) is 20.3 Å². The van der Waals surface area contributed by atoms with Gasteiger partial charge in [-0.05, 0) is 19.8 Å². The minimum atomic E-state index is -0.279. The van der Waals surface area contributed by atoms with Crippen molar-refractivity contribution >= 4 is 6.03 Å². The third-order valence-electron chi connectivity index (χ3n) is 3.26. The first kappa shape index (κ1) is 13.3. The summed E-state index contributed by atoms with van der Waals surface area (Å²) in [5, 5.41) is 12.8. The van der Waals surface area contributed by atoms with Gasteiger partial charge in [-0.25, -0.2) is 4.79 Å². The summed E-state index contributed by atoms with van der Waals surface area (Å²) in [7, 11) is 0. The van der Waals surface area contributed by atoms with Crippen LogP contribution in [0.2, 0.25) is 0 Å².